The lowest BCUT2D eigenvalue weighted by Crippen LogP contribution is -2.38. The van der Waals surface area contributed by atoms with Gasteiger partial charge in [0.05, 0.1) is 0 Å². The maximum atomic E-state index is 11.8. The van der Waals surface area contributed by atoms with Gasteiger partial charge in [-0.3, -0.25) is 4.98 Å². The predicted molar refractivity (Wildman–Crippen MR) is 60.8 cm³/mol. The molecule has 16 heavy (non-hydrogen) atoms. The molecule has 0 aromatic carbocycles. The Labute approximate surface area is 95.7 Å². The molecule has 0 aliphatic carbocycles. The lowest BCUT2D eigenvalue weighted by Gasteiger charge is -2.15. The summed E-state index contributed by atoms with van der Waals surface area (Å²) < 4.78 is 27.7. The zero-order valence-electron chi connectivity index (χ0n) is 8.96. The fraction of sp³-hybridized carbons (Fsp3) is 0.500. The Bertz CT molecular complexity index is 427. The molecular weight excluding hydrogens is 226 g/mol. The standard InChI is InChI=1S/C10H15N3O2S/c14-16(15,13-7-1-2-8-13)12-9-10-3-5-11-6-4-10/h3-6,12H,1-2,7-9H2. The third kappa shape index (κ3) is 2.78. The van der Waals surface area contributed by atoms with E-state index in [-0.39, 0.29) is 0 Å². The Kier molecular flexibility index (Phi) is 3.52. The molecule has 2 heterocycles. The summed E-state index contributed by atoms with van der Waals surface area (Å²) >= 11 is 0. The molecular formula is C10H15N3O2S. The van der Waals surface area contributed by atoms with Crippen molar-refractivity contribution in [3.8, 4) is 0 Å². The van der Waals surface area contributed by atoms with Gasteiger partial charge in [-0.1, -0.05) is 0 Å². The van der Waals surface area contributed by atoms with Gasteiger partial charge < -0.3 is 0 Å². The molecule has 1 aromatic heterocycles. The zero-order valence-corrected chi connectivity index (χ0v) is 9.78. The Morgan fingerprint density at radius 2 is 1.88 bits per heavy atom. The van der Waals surface area contributed by atoms with Crippen LogP contribution >= 0.6 is 0 Å². The van der Waals surface area contributed by atoms with Crippen molar-refractivity contribution in [1.82, 2.24) is 14.0 Å². The van der Waals surface area contributed by atoms with Crippen LogP contribution in [0.3, 0.4) is 0 Å². The molecule has 0 bridgehead atoms. The molecule has 6 heteroatoms. The third-order valence-electron chi connectivity index (χ3n) is 2.61. The van der Waals surface area contributed by atoms with Crippen molar-refractivity contribution in [2.45, 2.75) is 19.4 Å². The highest BCUT2D eigenvalue weighted by molar-refractivity contribution is 7.87. The maximum Gasteiger partial charge on any atom is 0.279 e. The molecule has 0 spiro atoms. The summed E-state index contributed by atoms with van der Waals surface area (Å²) in [6, 6.07) is 3.60. The van der Waals surface area contributed by atoms with E-state index in [1.807, 2.05) is 0 Å². The summed E-state index contributed by atoms with van der Waals surface area (Å²) in [7, 11) is -3.30. The average Bonchev–Trinajstić information content (AvgIpc) is 2.82. The van der Waals surface area contributed by atoms with Crippen molar-refractivity contribution in [3.63, 3.8) is 0 Å². The molecule has 1 fully saturated rings. The molecule has 0 atom stereocenters. The second kappa shape index (κ2) is 4.90. The Morgan fingerprint density at radius 1 is 1.25 bits per heavy atom. The van der Waals surface area contributed by atoms with Crippen molar-refractivity contribution < 1.29 is 8.42 Å². The van der Waals surface area contributed by atoms with E-state index >= 15 is 0 Å². The van der Waals surface area contributed by atoms with Crippen LogP contribution in [-0.2, 0) is 16.8 Å². The first-order chi connectivity index (χ1) is 7.68. The minimum Gasteiger partial charge on any atom is -0.265 e. The first kappa shape index (κ1) is 11.5. The van der Waals surface area contributed by atoms with E-state index in [1.165, 1.54) is 4.31 Å². The van der Waals surface area contributed by atoms with Crippen LogP contribution in [0.4, 0.5) is 0 Å². The highest BCUT2D eigenvalue weighted by Crippen LogP contribution is 2.11. The molecule has 0 amide bonds. The van der Waals surface area contributed by atoms with E-state index < -0.39 is 10.2 Å². The number of hydrogen-bond acceptors (Lipinski definition) is 3. The normalized spacial score (nSPS) is 17.8. The smallest absolute Gasteiger partial charge is 0.265 e. The average molecular weight is 241 g/mol. The highest BCUT2D eigenvalue weighted by Gasteiger charge is 2.24. The molecule has 2 rings (SSSR count). The Balaban J connectivity index is 1.94. The van der Waals surface area contributed by atoms with Gasteiger partial charge in [-0.15, -0.1) is 0 Å². The first-order valence-electron chi connectivity index (χ1n) is 5.32. The summed E-state index contributed by atoms with van der Waals surface area (Å²) in [5, 5.41) is 0. The Morgan fingerprint density at radius 3 is 2.50 bits per heavy atom. The van der Waals surface area contributed by atoms with Gasteiger partial charge in [-0.2, -0.15) is 17.4 Å². The largest absolute Gasteiger partial charge is 0.279 e. The summed E-state index contributed by atoms with van der Waals surface area (Å²) in [6.45, 7) is 1.58. The van der Waals surface area contributed by atoms with Gasteiger partial charge in [-0.25, -0.2) is 0 Å². The number of pyridine rings is 1. The van der Waals surface area contributed by atoms with Gasteiger partial charge in [0, 0.05) is 32.0 Å². The summed E-state index contributed by atoms with van der Waals surface area (Å²) in [5.74, 6) is 0. The van der Waals surface area contributed by atoms with Crippen LogP contribution in [0.15, 0.2) is 24.5 Å². The second-order valence-corrected chi connectivity index (χ2v) is 5.54. The van der Waals surface area contributed by atoms with Crippen molar-refractivity contribution in [2.24, 2.45) is 0 Å². The van der Waals surface area contributed by atoms with E-state index in [2.05, 4.69) is 9.71 Å². The highest BCUT2D eigenvalue weighted by atomic mass is 32.2. The van der Waals surface area contributed by atoms with Crippen LogP contribution in [0.25, 0.3) is 0 Å². The van der Waals surface area contributed by atoms with Crippen LogP contribution in [-0.4, -0.2) is 30.8 Å². The molecule has 1 saturated heterocycles. The minimum atomic E-state index is -3.30. The monoisotopic (exact) mass is 241 g/mol. The molecule has 1 N–H and O–H groups in total. The van der Waals surface area contributed by atoms with Gasteiger partial charge >= 0.3 is 0 Å². The molecule has 0 saturated carbocycles. The first-order valence-corrected chi connectivity index (χ1v) is 6.76. The van der Waals surface area contributed by atoms with Gasteiger partial charge in [0.1, 0.15) is 0 Å². The predicted octanol–water partition coefficient (Wildman–Crippen LogP) is 0.512. The van der Waals surface area contributed by atoms with Crippen LogP contribution in [0.5, 0.6) is 0 Å². The second-order valence-electron chi connectivity index (χ2n) is 3.79. The maximum absolute atomic E-state index is 11.8. The fourth-order valence-electron chi connectivity index (χ4n) is 1.69. The molecule has 1 aromatic rings. The van der Waals surface area contributed by atoms with E-state index in [9.17, 15) is 8.42 Å². The lowest BCUT2D eigenvalue weighted by atomic mass is 10.3. The van der Waals surface area contributed by atoms with Gasteiger partial charge in [0.25, 0.3) is 10.2 Å². The van der Waals surface area contributed by atoms with Crippen molar-refractivity contribution >= 4 is 10.2 Å². The van der Waals surface area contributed by atoms with Crippen molar-refractivity contribution in [1.29, 1.82) is 0 Å². The topological polar surface area (TPSA) is 62.3 Å². The summed E-state index contributed by atoms with van der Waals surface area (Å²) in [4.78, 5) is 3.88. The Hall–Kier alpha value is -0.980. The number of aromatic nitrogens is 1. The zero-order chi connectivity index (χ0) is 11.4. The van der Waals surface area contributed by atoms with Crippen LogP contribution in [0.1, 0.15) is 18.4 Å². The molecule has 0 unspecified atom stereocenters. The van der Waals surface area contributed by atoms with Crippen LogP contribution in [0, 0.1) is 0 Å². The fourth-order valence-corrected chi connectivity index (χ4v) is 2.97. The van der Waals surface area contributed by atoms with E-state index in [0.717, 1.165) is 18.4 Å². The molecule has 1 aliphatic rings. The number of nitrogens with zero attached hydrogens (tertiary/aromatic N) is 2. The minimum absolute atomic E-state index is 0.321. The van der Waals surface area contributed by atoms with Crippen LogP contribution in [0.2, 0.25) is 0 Å². The quantitative estimate of drug-likeness (QED) is 0.835. The van der Waals surface area contributed by atoms with Crippen LogP contribution < -0.4 is 4.72 Å². The summed E-state index contributed by atoms with van der Waals surface area (Å²) in [5.41, 5.74) is 0.915. The van der Waals surface area contributed by atoms with Crippen molar-refractivity contribution in [2.75, 3.05) is 13.1 Å². The number of hydrogen-bond donors (Lipinski definition) is 1. The third-order valence-corrected chi connectivity index (χ3v) is 4.17. The van der Waals surface area contributed by atoms with E-state index in [4.69, 9.17) is 0 Å². The van der Waals surface area contributed by atoms with Gasteiger partial charge in [0.15, 0.2) is 0 Å². The number of nitrogens with one attached hydrogen (secondary N) is 1. The van der Waals surface area contributed by atoms with E-state index in [1.54, 1.807) is 24.5 Å². The lowest BCUT2D eigenvalue weighted by molar-refractivity contribution is 0.464. The van der Waals surface area contributed by atoms with Crippen molar-refractivity contribution in [3.05, 3.63) is 30.1 Å². The SMILES string of the molecule is O=S(=O)(NCc1ccncc1)N1CCCC1. The summed E-state index contributed by atoms with van der Waals surface area (Å²) in [6.07, 6.45) is 5.21. The molecule has 88 valence electrons. The van der Waals surface area contributed by atoms with Gasteiger partial charge in [0.2, 0.25) is 0 Å². The molecule has 5 nitrogen and oxygen atoms in total. The molecule has 0 radical (unpaired) electrons. The molecule has 1 aliphatic heterocycles. The van der Waals surface area contributed by atoms with Gasteiger partial charge in [-0.05, 0) is 30.5 Å². The number of rotatable bonds is 4. The van der Waals surface area contributed by atoms with E-state index in [0.29, 0.717) is 19.6 Å².